The number of nitro benzene ring substituents is 1. The van der Waals surface area contributed by atoms with Crippen LogP contribution in [0.25, 0.3) is 0 Å². The fourth-order valence-electron chi connectivity index (χ4n) is 1.48. The molecular weight excluding hydrogens is 321 g/mol. The number of carbonyl (C=O) groups excluding carboxylic acids is 1. The summed E-state index contributed by atoms with van der Waals surface area (Å²) in [5.41, 5.74) is 4.89. The maximum Gasteiger partial charge on any atom is 0.293 e. The first kappa shape index (κ1) is 15.4. The maximum absolute atomic E-state index is 13.3. The number of hydrogen-bond donors (Lipinski definition) is 2. The minimum absolute atomic E-state index is 0.0403. The highest BCUT2D eigenvalue weighted by Gasteiger charge is 2.17. The highest BCUT2D eigenvalue weighted by atomic mass is 79.9. The fraction of sp³-hybridized carbons (Fsp3) is 0.364. The Morgan fingerprint density at radius 1 is 1.47 bits per heavy atom. The summed E-state index contributed by atoms with van der Waals surface area (Å²) in [6.07, 6.45) is 1.45. The zero-order valence-corrected chi connectivity index (χ0v) is 11.6. The molecule has 0 aliphatic rings. The summed E-state index contributed by atoms with van der Waals surface area (Å²) in [7, 11) is 0. The van der Waals surface area contributed by atoms with E-state index < -0.39 is 10.7 Å². The van der Waals surface area contributed by atoms with Gasteiger partial charge in [0.05, 0.1) is 9.40 Å². The number of rotatable bonds is 7. The first-order valence-electron chi connectivity index (χ1n) is 5.57. The number of nitrogens with zero attached hydrogens (tertiary/aromatic N) is 1. The van der Waals surface area contributed by atoms with Crippen LogP contribution in [-0.2, 0) is 4.79 Å². The smallest absolute Gasteiger partial charge is 0.293 e. The van der Waals surface area contributed by atoms with Crippen molar-refractivity contribution in [2.45, 2.75) is 19.3 Å². The Kier molecular flexibility index (Phi) is 5.68. The summed E-state index contributed by atoms with van der Waals surface area (Å²) in [6, 6.07) is 2.18. The van der Waals surface area contributed by atoms with E-state index in [0.29, 0.717) is 19.4 Å². The van der Waals surface area contributed by atoms with Crippen molar-refractivity contribution in [3.8, 4) is 0 Å². The molecule has 0 spiro atoms. The lowest BCUT2D eigenvalue weighted by Crippen LogP contribution is -2.11. The van der Waals surface area contributed by atoms with E-state index in [2.05, 4.69) is 21.2 Å². The molecule has 0 saturated heterocycles. The molecule has 8 heteroatoms. The number of primary amides is 1. The molecule has 0 fully saturated rings. The Morgan fingerprint density at radius 3 is 2.74 bits per heavy atom. The van der Waals surface area contributed by atoms with Gasteiger partial charge in [0.1, 0.15) is 11.5 Å². The molecule has 0 saturated carbocycles. The molecule has 0 aromatic heterocycles. The van der Waals surface area contributed by atoms with Crippen molar-refractivity contribution in [3.63, 3.8) is 0 Å². The Morgan fingerprint density at radius 2 is 2.16 bits per heavy atom. The Balaban J connectivity index is 2.64. The van der Waals surface area contributed by atoms with Crippen molar-refractivity contribution in [1.29, 1.82) is 0 Å². The Hall–Kier alpha value is -1.70. The van der Waals surface area contributed by atoms with Crippen LogP contribution in [0.4, 0.5) is 15.8 Å². The van der Waals surface area contributed by atoms with E-state index in [9.17, 15) is 19.3 Å². The van der Waals surface area contributed by atoms with E-state index in [4.69, 9.17) is 5.73 Å². The lowest BCUT2D eigenvalue weighted by molar-refractivity contribution is -0.384. The minimum Gasteiger partial charge on any atom is -0.379 e. The van der Waals surface area contributed by atoms with Gasteiger partial charge in [-0.3, -0.25) is 14.9 Å². The van der Waals surface area contributed by atoms with Crippen LogP contribution in [0.15, 0.2) is 16.6 Å². The standard InChI is InChI=1S/C11H13BrFN3O3/c12-7-5-10(16(18)19)9(6-8(7)13)15-4-2-1-3-11(14)17/h5-6,15H,1-4H2,(H2,14,17). The summed E-state index contributed by atoms with van der Waals surface area (Å²) in [6.45, 7) is 0.398. The Bertz CT molecular complexity index is 496. The van der Waals surface area contributed by atoms with E-state index >= 15 is 0 Å². The lowest BCUT2D eigenvalue weighted by Gasteiger charge is -2.07. The third-order valence-corrected chi connectivity index (χ3v) is 3.01. The van der Waals surface area contributed by atoms with Gasteiger partial charge in [-0.15, -0.1) is 0 Å². The van der Waals surface area contributed by atoms with Crippen LogP contribution in [0.1, 0.15) is 19.3 Å². The van der Waals surface area contributed by atoms with Crippen LogP contribution in [0.5, 0.6) is 0 Å². The molecule has 0 heterocycles. The third kappa shape index (κ3) is 4.82. The van der Waals surface area contributed by atoms with E-state index in [-0.39, 0.29) is 28.2 Å². The number of unbranched alkanes of at least 4 members (excludes halogenated alkanes) is 1. The first-order valence-corrected chi connectivity index (χ1v) is 6.36. The van der Waals surface area contributed by atoms with Crippen LogP contribution in [-0.4, -0.2) is 17.4 Å². The molecule has 1 aromatic carbocycles. The number of nitro groups is 1. The van der Waals surface area contributed by atoms with Gasteiger partial charge >= 0.3 is 0 Å². The van der Waals surface area contributed by atoms with Crippen LogP contribution in [0, 0.1) is 15.9 Å². The normalized spacial score (nSPS) is 10.2. The molecule has 1 rings (SSSR count). The third-order valence-electron chi connectivity index (χ3n) is 2.40. The minimum atomic E-state index is -0.587. The quantitative estimate of drug-likeness (QED) is 0.455. The second-order valence-corrected chi connectivity index (χ2v) is 4.75. The van der Waals surface area contributed by atoms with E-state index in [0.717, 1.165) is 12.1 Å². The van der Waals surface area contributed by atoms with Crippen molar-refractivity contribution in [2.24, 2.45) is 5.73 Å². The second kappa shape index (κ2) is 7.03. The average molecular weight is 334 g/mol. The van der Waals surface area contributed by atoms with Gasteiger partial charge in [-0.1, -0.05) is 0 Å². The van der Waals surface area contributed by atoms with Crippen molar-refractivity contribution in [1.82, 2.24) is 0 Å². The highest BCUT2D eigenvalue weighted by molar-refractivity contribution is 9.10. The summed E-state index contributed by atoms with van der Waals surface area (Å²) in [5, 5.41) is 13.6. The number of hydrogen-bond acceptors (Lipinski definition) is 4. The molecule has 0 aliphatic carbocycles. The topological polar surface area (TPSA) is 98.3 Å². The number of carbonyl (C=O) groups is 1. The monoisotopic (exact) mass is 333 g/mol. The van der Waals surface area contributed by atoms with Gasteiger partial charge in [0.15, 0.2) is 0 Å². The lowest BCUT2D eigenvalue weighted by atomic mass is 10.2. The molecule has 19 heavy (non-hydrogen) atoms. The second-order valence-electron chi connectivity index (χ2n) is 3.89. The van der Waals surface area contributed by atoms with E-state index in [1.54, 1.807) is 0 Å². The predicted octanol–water partition coefficient (Wildman–Crippen LogP) is 2.56. The SMILES string of the molecule is NC(=O)CCCCNc1cc(F)c(Br)cc1[N+](=O)[O-]. The molecule has 0 radical (unpaired) electrons. The van der Waals surface area contributed by atoms with Crippen molar-refractivity contribution < 1.29 is 14.1 Å². The molecule has 1 amide bonds. The zero-order chi connectivity index (χ0) is 14.4. The number of nitrogens with two attached hydrogens (primary N) is 1. The molecule has 1 aromatic rings. The largest absolute Gasteiger partial charge is 0.379 e. The molecule has 0 bridgehead atoms. The summed E-state index contributed by atoms with van der Waals surface area (Å²) in [4.78, 5) is 20.8. The first-order chi connectivity index (χ1) is 8.91. The van der Waals surface area contributed by atoms with Gasteiger partial charge in [-0.25, -0.2) is 4.39 Å². The van der Waals surface area contributed by atoms with Gasteiger partial charge < -0.3 is 11.1 Å². The van der Waals surface area contributed by atoms with Crippen molar-refractivity contribution >= 4 is 33.2 Å². The summed E-state index contributed by atoms with van der Waals surface area (Å²) >= 11 is 2.90. The number of benzene rings is 1. The maximum atomic E-state index is 13.3. The van der Waals surface area contributed by atoms with Gasteiger partial charge in [-0.05, 0) is 28.8 Å². The molecular formula is C11H13BrFN3O3. The summed E-state index contributed by atoms with van der Waals surface area (Å²) < 4.78 is 13.4. The van der Waals surface area contributed by atoms with Gasteiger partial charge in [0.2, 0.25) is 5.91 Å². The van der Waals surface area contributed by atoms with Crippen molar-refractivity contribution in [2.75, 3.05) is 11.9 Å². The number of nitrogens with one attached hydrogen (secondary N) is 1. The van der Waals surface area contributed by atoms with Crippen LogP contribution in [0.2, 0.25) is 0 Å². The van der Waals surface area contributed by atoms with Crippen LogP contribution in [0.3, 0.4) is 0 Å². The van der Waals surface area contributed by atoms with Gasteiger partial charge in [0.25, 0.3) is 5.69 Å². The number of amides is 1. The molecule has 0 atom stereocenters. The molecule has 6 nitrogen and oxygen atoms in total. The van der Waals surface area contributed by atoms with Gasteiger partial charge in [-0.2, -0.15) is 0 Å². The molecule has 0 aliphatic heterocycles. The van der Waals surface area contributed by atoms with Crippen LogP contribution < -0.4 is 11.1 Å². The average Bonchev–Trinajstić information content (AvgIpc) is 2.32. The van der Waals surface area contributed by atoms with E-state index in [1.807, 2.05) is 0 Å². The predicted molar refractivity (Wildman–Crippen MR) is 72.3 cm³/mol. The van der Waals surface area contributed by atoms with Crippen LogP contribution >= 0.6 is 15.9 Å². The zero-order valence-electron chi connectivity index (χ0n) is 9.99. The number of halogens is 2. The summed E-state index contributed by atoms with van der Waals surface area (Å²) in [5.74, 6) is -0.967. The highest BCUT2D eigenvalue weighted by Crippen LogP contribution is 2.30. The van der Waals surface area contributed by atoms with Gasteiger partial charge in [0, 0.05) is 25.1 Å². The van der Waals surface area contributed by atoms with Crippen molar-refractivity contribution in [3.05, 3.63) is 32.5 Å². The fourth-order valence-corrected chi connectivity index (χ4v) is 1.81. The Labute approximate surface area is 117 Å². The number of anilines is 1. The molecule has 104 valence electrons. The molecule has 3 N–H and O–H groups in total. The van der Waals surface area contributed by atoms with E-state index in [1.165, 1.54) is 0 Å². The molecule has 0 unspecified atom stereocenters.